The van der Waals surface area contributed by atoms with E-state index in [1.165, 1.54) is 0 Å². The molecule has 0 spiro atoms. The molecule has 1 heterocycles. The van der Waals surface area contributed by atoms with Crippen LogP contribution in [0.4, 0.5) is 0 Å². The molecular weight excluding hydrogens is 256 g/mol. The second-order valence-electron chi connectivity index (χ2n) is 5.25. The standard InChI is InChI=1S/C12H24N2OS.ClH/c1-4-7-16-8-11(15)14-6-5-10(13)12(2,3)9-14;/h10H,4-9,13H2,1-3H3;1H. The summed E-state index contributed by atoms with van der Waals surface area (Å²) in [4.78, 5) is 13.9. The molecule has 1 saturated heterocycles. The molecule has 1 unspecified atom stereocenters. The van der Waals surface area contributed by atoms with Crippen LogP contribution >= 0.6 is 24.2 Å². The summed E-state index contributed by atoms with van der Waals surface area (Å²) in [6.45, 7) is 8.07. The fourth-order valence-electron chi connectivity index (χ4n) is 1.98. The summed E-state index contributed by atoms with van der Waals surface area (Å²) in [5.74, 6) is 1.97. The van der Waals surface area contributed by atoms with Crippen LogP contribution in [0.2, 0.25) is 0 Å². The van der Waals surface area contributed by atoms with Gasteiger partial charge in [-0.15, -0.1) is 12.4 Å². The molecule has 0 aromatic carbocycles. The normalized spacial score (nSPS) is 23.1. The number of piperidine rings is 1. The van der Waals surface area contributed by atoms with Crippen LogP contribution in [0, 0.1) is 5.41 Å². The van der Waals surface area contributed by atoms with Gasteiger partial charge >= 0.3 is 0 Å². The van der Waals surface area contributed by atoms with Gasteiger partial charge in [0.15, 0.2) is 0 Å². The maximum Gasteiger partial charge on any atom is 0.232 e. The summed E-state index contributed by atoms with van der Waals surface area (Å²) < 4.78 is 0. The van der Waals surface area contributed by atoms with Gasteiger partial charge in [-0.3, -0.25) is 4.79 Å². The third-order valence-corrected chi connectivity index (χ3v) is 4.39. The van der Waals surface area contributed by atoms with Crippen LogP contribution in [0.25, 0.3) is 0 Å². The summed E-state index contributed by atoms with van der Waals surface area (Å²) in [6.07, 6.45) is 2.06. The van der Waals surface area contributed by atoms with Gasteiger partial charge in [0, 0.05) is 19.1 Å². The van der Waals surface area contributed by atoms with E-state index in [9.17, 15) is 4.79 Å². The minimum Gasteiger partial charge on any atom is -0.341 e. The Balaban J connectivity index is 0.00000256. The molecule has 0 aromatic rings. The third kappa shape index (κ3) is 5.06. The Bertz CT molecular complexity index is 249. The Morgan fingerprint density at radius 1 is 1.53 bits per heavy atom. The van der Waals surface area contributed by atoms with Crippen LogP contribution in [-0.4, -0.2) is 41.4 Å². The average molecular weight is 281 g/mol. The minimum absolute atomic E-state index is 0. The monoisotopic (exact) mass is 280 g/mol. The van der Waals surface area contributed by atoms with E-state index in [2.05, 4.69) is 20.8 Å². The van der Waals surface area contributed by atoms with E-state index >= 15 is 0 Å². The molecular formula is C12H25ClN2OS. The van der Waals surface area contributed by atoms with Crippen molar-refractivity contribution in [3.05, 3.63) is 0 Å². The van der Waals surface area contributed by atoms with E-state index in [0.717, 1.165) is 31.7 Å². The zero-order valence-electron chi connectivity index (χ0n) is 11.1. The van der Waals surface area contributed by atoms with E-state index in [4.69, 9.17) is 5.73 Å². The first-order chi connectivity index (χ1) is 7.47. The van der Waals surface area contributed by atoms with Gasteiger partial charge in [0.05, 0.1) is 5.75 Å². The largest absolute Gasteiger partial charge is 0.341 e. The predicted octanol–water partition coefficient (Wildman–Crippen LogP) is 2.14. The van der Waals surface area contributed by atoms with Crippen molar-refractivity contribution in [3.8, 4) is 0 Å². The molecule has 1 amide bonds. The Kier molecular flexibility index (Phi) is 7.52. The molecule has 17 heavy (non-hydrogen) atoms. The number of likely N-dealkylation sites (tertiary alicyclic amines) is 1. The van der Waals surface area contributed by atoms with Crippen molar-refractivity contribution in [1.29, 1.82) is 0 Å². The zero-order valence-corrected chi connectivity index (χ0v) is 12.7. The highest BCUT2D eigenvalue weighted by molar-refractivity contribution is 7.99. The van der Waals surface area contributed by atoms with Crippen molar-refractivity contribution in [1.82, 2.24) is 4.90 Å². The lowest BCUT2D eigenvalue weighted by molar-refractivity contribution is -0.131. The highest BCUT2D eigenvalue weighted by Gasteiger charge is 2.34. The van der Waals surface area contributed by atoms with Crippen molar-refractivity contribution >= 4 is 30.1 Å². The molecule has 1 aliphatic heterocycles. The second kappa shape index (κ2) is 7.49. The summed E-state index contributed by atoms with van der Waals surface area (Å²) in [5, 5.41) is 0. The predicted molar refractivity (Wildman–Crippen MR) is 77.8 cm³/mol. The number of rotatable bonds is 4. The molecule has 102 valence electrons. The van der Waals surface area contributed by atoms with Gasteiger partial charge in [0.1, 0.15) is 0 Å². The van der Waals surface area contributed by atoms with Crippen LogP contribution in [0.3, 0.4) is 0 Å². The van der Waals surface area contributed by atoms with Crippen LogP contribution < -0.4 is 5.73 Å². The molecule has 0 bridgehead atoms. The van der Waals surface area contributed by atoms with Crippen LogP contribution in [0.5, 0.6) is 0 Å². The summed E-state index contributed by atoms with van der Waals surface area (Å²) in [7, 11) is 0. The molecule has 0 aliphatic carbocycles. The zero-order chi connectivity index (χ0) is 12.2. The smallest absolute Gasteiger partial charge is 0.232 e. The Labute approximate surface area is 115 Å². The maximum absolute atomic E-state index is 11.9. The first kappa shape index (κ1) is 17.1. The molecule has 1 atom stereocenters. The van der Waals surface area contributed by atoms with Gasteiger partial charge < -0.3 is 10.6 Å². The van der Waals surface area contributed by atoms with E-state index in [1.54, 1.807) is 11.8 Å². The molecule has 5 heteroatoms. The average Bonchev–Trinajstić information content (AvgIpc) is 2.22. The van der Waals surface area contributed by atoms with Gasteiger partial charge in [-0.2, -0.15) is 11.8 Å². The van der Waals surface area contributed by atoms with E-state index in [-0.39, 0.29) is 29.8 Å². The number of carbonyl (C=O) groups is 1. The Morgan fingerprint density at radius 3 is 2.71 bits per heavy atom. The second-order valence-corrected chi connectivity index (χ2v) is 6.36. The van der Waals surface area contributed by atoms with Gasteiger partial charge in [-0.05, 0) is 24.0 Å². The van der Waals surface area contributed by atoms with Crippen LogP contribution in [0.15, 0.2) is 0 Å². The summed E-state index contributed by atoms with van der Waals surface area (Å²) >= 11 is 1.73. The number of nitrogens with zero attached hydrogens (tertiary/aromatic N) is 1. The Hall–Kier alpha value is 0.0700. The first-order valence-corrected chi connectivity index (χ1v) is 7.24. The third-order valence-electron chi connectivity index (χ3n) is 3.24. The highest BCUT2D eigenvalue weighted by Crippen LogP contribution is 2.27. The molecule has 2 N–H and O–H groups in total. The van der Waals surface area contributed by atoms with Crippen LogP contribution in [0.1, 0.15) is 33.6 Å². The number of thioether (sulfide) groups is 1. The molecule has 0 saturated carbocycles. The van der Waals surface area contributed by atoms with Gasteiger partial charge in [0.2, 0.25) is 5.91 Å². The van der Waals surface area contributed by atoms with Gasteiger partial charge in [-0.25, -0.2) is 0 Å². The maximum atomic E-state index is 11.9. The van der Waals surface area contributed by atoms with E-state index < -0.39 is 0 Å². The molecule has 1 rings (SSSR count). The SMILES string of the molecule is CCCSCC(=O)N1CCC(N)C(C)(C)C1.Cl. The lowest BCUT2D eigenvalue weighted by Crippen LogP contribution is -2.54. The molecule has 0 aromatic heterocycles. The van der Waals surface area contributed by atoms with Gasteiger partial charge in [0.25, 0.3) is 0 Å². The van der Waals surface area contributed by atoms with Crippen molar-refractivity contribution in [2.24, 2.45) is 11.1 Å². The number of carbonyl (C=O) groups excluding carboxylic acids is 1. The summed E-state index contributed by atoms with van der Waals surface area (Å²) in [6, 6.07) is 0.222. The molecule has 1 fully saturated rings. The first-order valence-electron chi connectivity index (χ1n) is 6.08. The molecule has 3 nitrogen and oxygen atoms in total. The fraction of sp³-hybridized carbons (Fsp3) is 0.917. The van der Waals surface area contributed by atoms with Crippen molar-refractivity contribution in [2.75, 3.05) is 24.6 Å². The van der Waals surface area contributed by atoms with E-state index in [0.29, 0.717) is 5.75 Å². The van der Waals surface area contributed by atoms with Crippen molar-refractivity contribution < 1.29 is 4.79 Å². The fourth-order valence-corrected chi connectivity index (χ4v) is 2.77. The number of amides is 1. The number of hydrogen-bond acceptors (Lipinski definition) is 3. The summed E-state index contributed by atoms with van der Waals surface area (Å²) in [5.41, 5.74) is 6.11. The lowest BCUT2D eigenvalue weighted by Gasteiger charge is -2.42. The molecule has 0 radical (unpaired) electrons. The quantitative estimate of drug-likeness (QED) is 0.803. The minimum atomic E-state index is 0. The number of halogens is 1. The number of nitrogens with two attached hydrogens (primary N) is 1. The number of hydrogen-bond donors (Lipinski definition) is 1. The van der Waals surface area contributed by atoms with Crippen LogP contribution in [-0.2, 0) is 4.79 Å². The van der Waals surface area contributed by atoms with Crippen molar-refractivity contribution in [3.63, 3.8) is 0 Å². The van der Waals surface area contributed by atoms with E-state index in [1.807, 2.05) is 4.90 Å². The molecule has 1 aliphatic rings. The highest BCUT2D eigenvalue weighted by atomic mass is 35.5. The van der Waals surface area contributed by atoms with Gasteiger partial charge in [-0.1, -0.05) is 20.8 Å². The van der Waals surface area contributed by atoms with Crippen molar-refractivity contribution in [2.45, 2.75) is 39.7 Å². The Morgan fingerprint density at radius 2 is 2.18 bits per heavy atom. The topological polar surface area (TPSA) is 46.3 Å². The lowest BCUT2D eigenvalue weighted by atomic mass is 9.80.